The SMILES string of the molecule is O=S(=O)(O)c1cc2oc(=S)[nH]c2c2ccccc12.[Na]. The van der Waals surface area contributed by atoms with E-state index in [0.29, 0.717) is 21.9 Å². The summed E-state index contributed by atoms with van der Waals surface area (Å²) in [5.74, 6) is 0. The Bertz CT molecular complexity index is 927. The molecule has 0 amide bonds. The average molecular weight is 304 g/mol. The molecule has 0 saturated carbocycles. The summed E-state index contributed by atoms with van der Waals surface area (Å²) in [7, 11) is -4.32. The minimum Gasteiger partial charge on any atom is -0.429 e. The minimum absolute atomic E-state index is 0. The maximum Gasteiger partial charge on any atom is 0.295 e. The molecule has 3 rings (SSSR count). The largest absolute Gasteiger partial charge is 0.429 e. The summed E-state index contributed by atoms with van der Waals surface area (Å²) in [6.45, 7) is 0. The molecule has 0 atom stereocenters. The number of nitrogens with one attached hydrogen (secondary N) is 1. The normalized spacial score (nSPS) is 11.6. The van der Waals surface area contributed by atoms with Crippen molar-refractivity contribution in [2.45, 2.75) is 4.90 Å². The quantitative estimate of drug-likeness (QED) is 0.410. The predicted octanol–water partition coefficient (Wildman–Crippen LogP) is 2.51. The van der Waals surface area contributed by atoms with Crippen molar-refractivity contribution in [1.82, 2.24) is 4.98 Å². The molecule has 1 heterocycles. The zero-order valence-corrected chi connectivity index (χ0v) is 13.5. The summed E-state index contributed by atoms with van der Waals surface area (Å²) < 4.78 is 37.2. The minimum atomic E-state index is -4.32. The Balaban J connectivity index is 0.00000133. The van der Waals surface area contributed by atoms with Crippen LogP contribution in [0, 0.1) is 4.84 Å². The van der Waals surface area contributed by atoms with E-state index in [1.54, 1.807) is 24.3 Å². The first-order valence-electron chi connectivity index (χ1n) is 4.99. The van der Waals surface area contributed by atoms with Gasteiger partial charge >= 0.3 is 0 Å². The molecule has 2 aromatic carbocycles. The van der Waals surface area contributed by atoms with E-state index in [1.807, 2.05) is 0 Å². The molecule has 0 saturated heterocycles. The summed E-state index contributed by atoms with van der Waals surface area (Å²) in [5, 5.41) is 1.04. The van der Waals surface area contributed by atoms with E-state index in [9.17, 15) is 13.0 Å². The molecule has 5 nitrogen and oxygen atoms in total. The van der Waals surface area contributed by atoms with Gasteiger partial charge in [-0.2, -0.15) is 8.42 Å². The van der Waals surface area contributed by atoms with Crippen molar-refractivity contribution in [3.8, 4) is 0 Å². The molecule has 0 fully saturated rings. The van der Waals surface area contributed by atoms with Crippen molar-refractivity contribution in [3.63, 3.8) is 0 Å². The summed E-state index contributed by atoms with van der Waals surface area (Å²) in [6, 6.07) is 8.06. The van der Waals surface area contributed by atoms with Gasteiger partial charge < -0.3 is 9.40 Å². The van der Waals surface area contributed by atoms with Crippen molar-refractivity contribution >= 4 is 73.8 Å². The Labute approximate surface area is 135 Å². The molecule has 2 N–H and O–H groups in total. The Morgan fingerprint density at radius 1 is 1.21 bits per heavy atom. The third kappa shape index (κ3) is 2.49. The molecule has 0 aliphatic heterocycles. The Kier molecular flexibility index (Phi) is 3.87. The van der Waals surface area contributed by atoms with E-state index in [1.165, 1.54) is 6.07 Å². The van der Waals surface area contributed by atoms with Gasteiger partial charge in [0.2, 0.25) is 0 Å². The fourth-order valence-electron chi connectivity index (χ4n) is 1.97. The zero-order chi connectivity index (χ0) is 12.9. The molecular weight excluding hydrogens is 297 g/mol. The number of rotatable bonds is 1. The number of fused-ring (bicyclic) bond motifs is 3. The first kappa shape index (κ1) is 14.7. The fourth-order valence-corrected chi connectivity index (χ4v) is 2.87. The number of aromatic nitrogens is 1. The average Bonchev–Trinajstić information content (AvgIpc) is 2.67. The number of H-pyrrole nitrogens is 1. The van der Waals surface area contributed by atoms with Crippen LogP contribution in [-0.2, 0) is 10.1 Å². The van der Waals surface area contributed by atoms with Gasteiger partial charge in [0, 0.05) is 46.4 Å². The van der Waals surface area contributed by atoms with E-state index >= 15 is 0 Å². The number of oxazole rings is 1. The van der Waals surface area contributed by atoms with Crippen LogP contribution in [0.1, 0.15) is 0 Å². The van der Waals surface area contributed by atoms with Gasteiger partial charge in [0.25, 0.3) is 15.0 Å². The standard InChI is InChI=1S/C11H7NO4S2.Na/c13-18(14,15)9-5-8-10(12-11(17)16-8)7-4-2-1-3-6(7)9;/h1-5H,(H,12,17)(H,13,14,15);. The van der Waals surface area contributed by atoms with Crippen LogP contribution in [0.15, 0.2) is 39.6 Å². The Hall–Kier alpha value is -0.700. The first-order valence-corrected chi connectivity index (χ1v) is 6.84. The molecule has 0 unspecified atom stereocenters. The predicted molar refractivity (Wildman–Crippen MR) is 74.5 cm³/mol. The smallest absolute Gasteiger partial charge is 0.295 e. The van der Waals surface area contributed by atoms with E-state index in [0.717, 1.165) is 0 Å². The summed E-state index contributed by atoms with van der Waals surface area (Å²) >= 11 is 4.88. The van der Waals surface area contributed by atoms with E-state index in [2.05, 4.69) is 4.98 Å². The van der Waals surface area contributed by atoms with Crippen LogP contribution >= 0.6 is 12.2 Å². The molecule has 0 aliphatic carbocycles. The van der Waals surface area contributed by atoms with Crippen molar-refractivity contribution < 1.29 is 17.4 Å². The van der Waals surface area contributed by atoms with Gasteiger partial charge in [0.05, 0.1) is 5.52 Å². The molecule has 19 heavy (non-hydrogen) atoms. The van der Waals surface area contributed by atoms with E-state index in [4.69, 9.17) is 16.6 Å². The van der Waals surface area contributed by atoms with Gasteiger partial charge in [0.1, 0.15) is 4.90 Å². The van der Waals surface area contributed by atoms with Crippen molar-refractivity contribution in [3.05, 3.63) is 35.2 Å². The molecule has 1 radical (unpaired) electrons. The molecule has 1 aromatic heterocycles. The topological polar surface area (TPSA) is 83.3 Å². The monoisotopic (exact) mass is 304 g/mol. The van der Waals surface area contributed by atoms with Crippen molar-refractivity contribution in [2.75, 3.05) is 0 Å². The Morgan fingerprint density at radius 2 is 1.84 bits per heavy atom. The van der Waals surface area contributed by atoms with Gasteiger partial charge in [-0.3, -0.25) is 4.55 Å². The maximum atomic E-state index is 11.4. The van der Waals surface area contributed by atoms with Crippen LogP contribution in [0.25, 0.3) is 21.9 Å². The summed E-state index contributed by atoms with van der Waals surface area (Å²) in [6.07, 6.45) is 0. The van der Waals surface area contributed by atoms with Gasteiger partial charge in [0.15, 0.2) is 5.58 Å². The molecule has 93 valence electrons. The van der Waals surface area contributed by atoms with Gasteiger partial charge in [-0.25, -0.2) is 0 Å². The molecule has 0 spiro atoms. The number of aromatic amines is 1. The number of benzene rings is 2. The van der Waals surface area contributed by atoms with Crippen LogP contribution in [-0.4, -0.2) is 47.5 Å². The van der Waals surface area contributed by atoms with E-state index < -0.39 is 10.1 Å². The number of hydrogen-bond donors (Lipinski definition) is 2. The van der Waals surface area contributed by atoms with Crippen molar-refractivity contribution in [1.29, 1.82) is 0 Å². The second-order valence-electron chi connectivity index (χ2n) is 3.78. The third-order valence-electron chi connectivity index (χ3n) is 2.68. The summed E-state index contributed by atoms with van der Waals surface area (Å²) in [5.41, 5.74) is 0.911. The second kappa shape index (κ2) is 5.01. The first-order chi connectivity index (χ1) is 8.47. The number of hydrogen-bond acceptors (Lipinski definition) is 4. The Morgan fingerprint density at radius 3 is 2.47 bits per heavy atom. The van der Waals surface area contributed by atoms with Crippen LogP contribution < -0.4 is 0 Å². The summed E-state index contributed by atoms with van der Waals surface area (Å²) in [4.78, 5) is 2.82. The molecule has 0 aliphatic rings. The maximum absolute atomic E-state index is 11.4. The molecule has 0 bridgehead atoms. The van der Waals surface area contributed by atoms with Crippen LogP contribution in [0.5, 0.6) is 0 Å². The van der Waals surface area contributed by atoms with Crippen LogP contribution in [0.2, 0.25) is 0 Å². The third-order valence-corrected chi connectivity index (χ3v) is 3.76. The van der Waals surface area contributed by atoms with Crippen molar-refractivity contribution in [2.24, 2.45) is 0 Å². The van der Waals surface area contributed by atoms with E-state index in [-0.39, 0.29) is 39.3 Å². The van der Waals surface area contributed by atoms with Gasteiger partial charge in [-0.05, 0) is 12.2 Å². The molecule has 8 heteroatoms. The fraction of sp³-hybridized carbons (Fsp3) is 0. The van der Waals surface area contributed by atoms with Gasteiger partial charge in [-0.15, -0.1) is 0 Å². The molecule has 3 aromatic rings. The molecular formula is C11H7NNaO4S2. The second-order valence-corrected chi connectivity index (χ2v) is 5.54. The van der Waals surface area contributed by atoms with Crippen LogP contribution in [0.3, 0.4) is 0 Å². The van der Waals surface area contributed by atoms with Crippen LogP contribution in [0.4, 0.5) is 0 Å². The van der Waals surface area contributed by atoms with Gasteiger partial charge in [-0.1, -0.05) is 24.3 Å². The zero-order valence-electron chi connectivity index (χ0n) is 9.88.